The molecule has 1 aliphatic carbocycles. The molecule has 1 atom stereocenters. The van der Waals surface area contributed by atoms with Crippen molar-refractivity contribution in [3.63, 3.8) is 0 Å². The molecule has 3 aromatic carbocycles. The van der Waals surface area contributed by atoms with Crippen LogP contribution in [-0.4, -0.2) is 23.1 Å². The molecule has 3 nitrogen and oxygen atoms in total. The van der Waals surface area contributed by atoms with Gasteiger partial charge in [-0.25, -0.2) is 0 Å². The Morgan fingerprint density at radius 1 is 0.939 bits per heavy atom. The Morgan fingerprint density at radius 3 is 2.00 bits per heavy atom. The predicted molar refractivity (Wildman–Crippen MR) is 136 cm³/mol. The van der Waals surface area contributed by atoms with E-state index in [4.69, 9.17) is 9.16 Å². The van der Waals surface area contributed by atoms with Crippen molar-refractivity contribution in [1.29, 1.82) is 0 Å². The van der Waals surface area contributed by atoms with Gasteiger partial charge in [-0.3, -0.25) is 4.79 Å². The topological polar surface area (TPSA) is 35.5 Å². The molecule has 1 unspecified atom stereocenters. The first-order chi connectivity index (χ1) is 15.8. The average Bonchev–Trinajstić information content (AvgIpc) is 3.10. The normalized spacial score (nSPS) is 19.3. The minimum Gasteiger partial charge on any atom is -0.466 e. The summed E-state index contributed by atoms with van der Waals surface area (Å²) in [6.45, 7) is 8.92. The van der Waals surface area contributed by atoms with E-state index >= 15 is 0 Å². The Balaban J connectivity index is 2.05. The summed E-state index contributed by atoms with van der Waals surface area (Å²) in [6.07, 6.45) is 0.942. The molecule has 1 aliphatic rings. The molecule has 0 spiro atoms. The number of ether oxygens (including phenoxy) is 1. The third-order valence-electron chi connectivity index (χ3n) is 7.13. The molecule has 4 heteroatoms. The van der Waals surface area contributed by atoms with Gasteiger partial charge in [0.25, 0.3) is 0 Å². The van der Waals surface area contributed by atoms with E-state index in [1.54, 1.807) is 0 Å². The largest absolute Gasteiger partial charge is 0.466 e. The molecule has 0 aromatic heterocycles. The van der Waals surface area contributed by atoms with Crippen LogP contribution in [0.4, 0.5) is 0 Å². The minimum absolute atomic E-state index is 0.0331. The Bertz CT molecular complexity index is 1080. The van der Waals surface area contributed by atoms with Crippen LogP contribution in [-0.2, 0) is 36.8 Å². The van der Waals surface area contributed by atoms with E-state index in [1.165, 1.54) is 11.1 Å². The second-order valence-corrected chi connectivity index (χ2v) is 10.4. The van der Waals surface area contributed by atoms with Gasteiger partial charge >= 0.3 is 5.97 Å². The quantitative estimate of drug-likeness (QED) is 0.386. The van der Waals surface area contributed by atoms with Gasteiger partial charge in [-0.1, -0.05) is 99.6 Å². The maximum atomic E-state index is 13.1. The lowest BCUT2D eigenvalue weighted by Crippen LogP contribution is -2.50. The summed E-state index contributed by atoms with van der Waals surface area (Å²) in [5, 5.41) is 0. The molecule has 0 radical (unpaired) electrons. The van der Waals surface area contributed by atoms with Crippen molar-refractivity contribution in [2.75, 3.05) is 6.61 Å². The van der Waals surface area contributed by atoms with Crippen molar-refractivity contribution in [2.24, 2.45) is 0 Å². The third kappa shape index (κ3) is 3.85. The van der Waals surface area contributed by atoms with E-state index < -0.39 is 11.0 Å². The SMILES string of the molecule is CCOC(=O)CC1(O[SiH3])c2ccc(C(C)(C)C)cc2CC1(c1ccccc1)c1ccccc1. The smallest absolute Gasteiger partial charge is 0.309 e. The highest BCUT2D eigenvalue weighted by Gasteiger charge is 2.60. The van der Waals surface area contributed by atoms with E-state index in [9.17, 15) is 4.79 Å². The zero-order valence-corrected chi connectivity index (χ0v) is 22.4. The number of carbonyl (C=O) groups excluding carboxylic acids is 1. The second-order valence-electron chi connectivity index (χ2n) is 9.95. The summed E-state index contributed by atoms with van der Waals surface area (Å²) in [6, 6.07) is 27.8. The first kappa shape index (κ1) is 23.5. The lowest BCUT2D eigenvalue weighted by Gasteiger charge is -2.46. The zero-order valence-electron chi connectivity index (χ0n) is 20.4. The molecule has 0 saturated carbocycles. The van der Waals surface area contributed by atoms with Crippen molar-refractivity contribution in [3.8, 4) is 0 Å². The number of fused-ring (bicyclic) bond motifs is 1. The maximum Gasteiger partial charge on any atom is 0.309 e. The summed E-state index contributed by atoms with van der Waals surface area (Å²) in [5.74, 6) is -0.225. The van der Waals surface area contributed by atoms with Crippen molar-refractivity contribution in [3.05, 3.63) is 107 Å². The molecular weight excluding hydrogens is 424 g/mol. The predicted octanol–water partition coefficient (Wildman–Crippen LogP) is 4.97. The van der Waals surface area contributed by atoms with Gasteiger partial charge in [-0.15, -0.1) is 0 Å². The van der Waals surface area contributed by atoms with Gasteiger partial charge in [-0.2, -0.15) is 0 Å². The molecular formula is C29H34O3Si. The van der Waals surface area contributed by atoms with E-state index in [0.717, 1.165) is 23.1 Å². The van der Waals surface area contributed by atoms with Gasteiger partial charge in [0.2, 0.25) is 0 Å². The Labute approximate surface area is 200 Å². The van der Waals surface area contributed by atoms with E-state index in [1.807, 2.05) is 19.1 Å². The summed E-state index contributed by atoms with van der Waals surface area (Å²) in [7, 11) is 0.488. The lowest BCUT2D eigenvalue weighted by atomic mass is 9.62. The van der Waals surface area contributed by atoms with Crippen molar-refractivity contribution in [2.45, 2.75) is 57.0 Å². The van der Waals surface area contributed by atoms with Gasteiger partial charge in [-0.05, 0) is 46.6 Å². The molecule has 33 heavy (non-hydrogen) atoms. The van der Waals surface area contributed by atoms with Crippen LogP contribution in [0.1, 0.15) is 61.9 Å². The summed E-state index contributed by atoms with van der Waals surface area (Å²) in [4.78, 5) is 13.1. The first-order valence-electron chi connectivity index (χ1n) is 11.7. The van der Waals surface area contributed by atoms with E-state index in [-0.39, 0.29) is 17.8 Å². The monoisotopic (exact) mass is 458 g/mol. The van der Waals surface area contributed by atoms with E-state index in [2.05, 4.69) is 87.5 Å². The van der Waals surface area contributed by atoms with Crippen LogP contribution in [0, 0.1) is 0 Å². The fourth-order valence-corrected chi connectivity index (χ4v) is 6.27. The number of rotatable bonds is 6. The molecule has 0 bridgehead atoms. The van der Waals surface area contributed by atoms with Crippen molar-refractivity contribution < 1.29 is 14.0 Å². The van der Waals surface area contributed by atoms with Crippen LogP contribution in [0.2, 0.25) is 0 Å². The Morgan fingerprint density at radius 2 is 1.52 bits per heavy atom. The summed E-state index contributed by atoms with van der Waals surface area (Å²) in [5.41, 5.74) is 4.61. The molecule has 0 amide bonds. The van der Waals surface area contributed by atoms with Gasteiger partial charge in [0.1, 0.15) is 16.1 Å². The van der Waals surface area contributed by atoms with Gasteiger partial charge in [0.15, 0.2) is 0 Å². The van der Waals surface area contributed by atoms with E-state index in [0.29, 0.717) is 17.1 Å². The number of hydrogen-bond acceptors (Lipinski definition) is 3. The van der Waals surface area contributed by atoms with Gasteiger partial charge < -0.3 is 9.16 Å². The lowest BCUT2D eigenvalue weighted by molar-refractivity contribution is -0.149. The highest BCUT2D eigenvalue weighted by molar-refractivity contribution is 5.99. The van der Waals surface area contributed by atoms with Crippen molar-refractivity contribution >= 4 is 16.5 Å². The molecule has 0 fully saturated rings. The number of esters is 1. The van der Waals surface area contributed by atoms with Crippen LogP contribution in [0.3, 0.4) is 0 Å². The van der Waals surface area contributed by atoms with Gasteiger partial charge in [0, 0.05) is 0 Å². The van der Waals surface area contributed by atoms with Crippen LogP contribution in [0.25, 0.3) is 0 Å². The van der Waals surface area contributed by atoms with Crippen LogP contribution >= 0.6 is 0 Å². The van der Waals surface area contributed by atoms with Crippen LogP contribution in [0.5, 0.6) is 0 Å². The van der Waals surface area contributed by atoms with Gasteiger partial charge in [0.05, 0.1) is 18.4 Å². The van der Waals surface area contributed by atoms with Crippen LogP contribution in [0.15, 0.2) is 78.9 Å². The van der Waals surface area contributed by atoms with Crippen molar-refractivity contribution in [1.82, 2.24) is 0 Å². The minimum atomic E-state index is -0.833. The highest BCUT2D eigenvalue weighted by Crippen LogP contribution is 2.59. The number of benzene rings is 3. The molecule has 4 rings (SSSR count). The second kappa shape index (κ2) is 8.92. The highest BCUT2D eigenvalue weighted by atomic mass is 28.2. The molecule has 0 saturated heterocycles. The summed E-state index contributed by atoms with van der Waals surface area (Å²) < 4.78 is 12.1. The standard InChI is InChI=1S/C29H34O3Si/c1-5-31-26(30)20-29(32-33)25-17-16-24(27(2,3)4)18-21(25)19-28(29,22-12-8-6-9-13-22)23-14-10-7-11-15-23/h6-18H,5,19-20H2,1-4,33H3. The molecule has 0 heterocycles. The zero-order chi connectivity index (χ0) is 23.7. The Kier molecular flexibility index (Phi) is 6.34. The molecule has 0 aliphatic heterocycles. The first-order valence-corrected chi connectivity index (χ1v) is 12.6. The molecule has 3 aromatic rings. The number of carbonyl (C=O) groups is 1. The summed E-state index contributed by atoms with van der Waals surface area (Å²) >= 11 is 0. The third-order valence-corrected chi connectivity index (χ3v) is 7.83. The van der Waals surface area contributed by atoms with Crippen LogP contribution < -0.4 is 0 Å². The Hall–Kier alpha value is -2.69. The number of hydrogen-bond donors (Lipinski definition) is 0. The fraction of sp³-hybridized carbons (Fsp3) is 0.345. The maximum absolute atomic E-state index is 13.1. The fourth-order valence-electron chi connectivity index (χ4n) is 5.56. The molecule has 172 valence electrons. The average molecular weight is 459 g/mol. The molecule has 0 N–H and O–H groups in total.